The third kappa shape index (κ3) is 3.35. The van der Waals surface area contributed by atoms with Gasteiger partial charge in [0.2, 0.25) is 5.88 Å². The Bertz CT molecular complexity index is 654. The third-order valence-electron chi connectivity index (χ3n) is 4.33. The van der Waals surface area contributed by atoms with Gasteiger partial charge in [-0.15, -0.1) is 5.10 Å². The van der Waals surface area contributed by atoms with Gasteiger partial charge in [-0.3, -0.25) is 4.79 Å². The molecule has 3 rings (SSSR count). The van der Waals surface area contributed by atoms with E-state index in [1.807, 2.05) is 24.3 Å². The standard InChI is InChI=1S/C17H21N3O2/c1-12-6-2-5-9-15(12)19-16(21)11-22-17-14-8-4-3-7-13(14)10-18-20-17/h3-4,7-8,10,12,15H,2,5-6,9,11H2,1H3,(H,19,21)/t12-,15-/m1/s1. The number of rotatable bonds is 4. The number of nitrogens with one attached hydrogen (secondary N) is 1. The van der Waals surface area contributed by atoms with Crippen molar-refractivity contribution in [3.8, 4) is 5.88 Å². The van der Waals surface area contributed by atoms with Gasteiger partial charge in [-0.2, -0.15) is 5.10 Å². The summed E-state index contributed by atoms with van der Waals surface area (Å²) in [6.45, 7) is 2.17. The summed E-state index contributed by atoms with van der Waals surface area (Å²) in [7, 11) is 0. The van der Waals surface area contributed by atoms with Gasteiger partial charge >= 0.3 is 0 Å². The second kappa shape index (κ2) is 6.73. The molecule has 1 amide bonds. The molecule has 1 N–H and O–H groups in total. The molecule has 1 aromatic heterocycles. The minimum atomic E-state index is -0.0894. The lowest BCUT2D eigenvalue weighted by molar-refractivity contribution is -0.124. The van der Waals surface area contributed by atoms with Crippen LogP contribution in [0.5, 0.6) is 5.88 Å². The number of carbonyl (C=O) groups is 1. The first-order chi connectivity index (χ1) is 10.7. The Morgan fingerprint density at radius 3 is 3.00 bits per heavy atom. The fourth-order valence-corrected chi connectivity index (χ4v) is 3.02. The van der Waals surface area contributed by atoms with E-state index in [4.69, 9.17) is 4.74 Å². The summed E-state index contributed by atoms with van der Waals surface area (Å²) < 4.78 is 5.57. The average molecular weight is 299 g/mol. The first kappa shape index (κ1) is 14.8. The maximum Gasteiger partial charge on any atom is 0.258 e. The molecule has 0 aliphatic heterocycles. The minimum Gasteiger partial charge on any atom is -0.466 e. The number of benzene rings is 1. The highest BCUT2D eigenvalue weighted by molar-refractivity contribution is 5.86. The van der Waals surface area contributed by atoms with Crippen LogP contribution < -0.4 is 10.1 Å². The van der Waals surface area contributed by atoms with Crippen molar-refractivity contribution in [2.45, 2.75) is 38.6 Å². The van der Waals surface area contributed by atoms with Crippen LogP contribution in [0.25, 0.3) is 10.8 Å². The molecule has 1 saturated carbocycles. The highest BCUT2D eigenvalue weighted by Gasteiger charge is 2.22. The number of aromatic nitrogens is 2. The van der Waals surface area contributed by atoms with E-state index in [0.717, 1.165) is 17.2 Å². The van der Waals surface area contributed by atoms with Crippen molar-refractivity contribution in [3.63, 3.8) is 0 Å². The van der Waals surface area contributed by atoms with Gasteiger partial charge in [-0.25, -0.2) is 0 Å². The van der Waals surface area contributed by atoms with Crippen LogP contribution in [0.3, 0.4) is 0 Å². The predicted octanol–water partition coefficient (Wildman–Crippen LogP) is 2.70. The van der Waals surface area contributed by atoms with Crippen LogP contribution in [-0.2, 0) is 4.79 Å². The Labute approximate surface area is 130 Å². The fraction of sp³-hybridized carbons (Fsp3) is 0.471. The molecule has 1 aliphatic carbocycles. The lowest BCUT2D eigenvalue weighted by atomic mass is 9.86. The van der Waals surface area contributed by atoms with Gasteiger partial charge in [-0.05, 0) is 24.8 Å². The zero-order chi connectivity index (χ0) is 15.4. The van der Waals surface area contributed by atoms with Gasteiger partial charge in [0, 0.05) is 16.8 Å². The Morgan fingerprint density at radius 1 is 1.32 bits per heavy atom. The van der Waals surface area contributed by atoms with Gasteiger partial charge in [0.1, 0.15) is 0 Å². The average Bonchev–Trinajstić information content (AvgIpc) is 2.55. The smallest absolute Gasteiger partial charge is 0.258 e. The number of hydrogen-bond donors (Lipinski definition) is 1. The normalized spacial score (nSPS) is 21.5. The van der Waals surface area contributed by atoms with E-state index in [1.165, 1.54) is 19.3 Å². The Kier molecular flexibility index (Phi) is 4.51. The number of nitrogens with zero attached hydrogens (tertiary/aromatic N) is 2. The molecule has 2 atom stereocenters. The van der Waals surface area contributed by atoms with Crippen LogP contribution in [0.2, 0.25) is 0 Å². The van der Waals surface area contributed by atoms with Gasteiger partial charge < -0.3 is 10.1 Å². The molecule has 0 unspecified atom stereocenters. The van der Waals surface area contributed by atoms with E-state index in [-0.39, 0.29) is 18.6 Å². The molecule has 1 heterocycles. The third-order valence-corrected chi connectivity index (χ3v) is 4.33. The Morgan fingerprint density at radius 2 is 2.14 bits per heavy atom. The summed E-state index contributed by atoms with van der Waals surface area (Å²) >= 11 is 0. The van der Waals surface area contributed by atoms with Crippen LogP contribution in [0.4, 0.5) is 0 Å². The lowest BCUT2D eigenvalue weighted by Crippen LogP contribution is -2.43. The van der Waals surface area contributed by atoms with Crippen LogP contribution in [0.15, 0.2) is 30.5 Å². The second-order valence-electron chi connectivity index (χ2n) is 5.96. The summed E-state index contributed by atoms with van der Waals surface area (Å²) in [5.41, 5.74) is 0. The number of amides is 1. The highest BCUT2D eigenvalue weighted by atomic mass is 16.5. The summed E-state index contributed by atoms with van der Waals surface area (Å²) in [4.78, 5) is 12.1. The van der Waals surface area contributed by atoms with E-state index in [9.17, 15) is 4.79 Å². The SMILES string of the molecule is C[C@@H]1CCCC[C@H]1NC(=O)COc1nncc2ccccc12. The van der Waals surface area contributed by atoms with Crippen LogP contribution >= 0.6 is 0 Å². The molecule has 0 radical (unpaired) electrons. The molecule has 22 heavy (non-hydrogen) atoms. The van der Waals surface area contributed by atoms with Crippen molar-refractivity contribution in [1.82, 2.24) is 15.5 Å². The van der Waals surface area contributed by atoms with Crippen LogP contribution in [0, 0.1) is 5.92 Å². The molecule has 5 nitrogen and oxygen atoms in total. The Balaban J connectivity index is 1.60. The number of hydrogen-bond acceptors (Lipinski definition) is 4. The van der Waals surface area contributed by atoms with Crippen molar-refractivity contribution >= 4 is 16.7 Å². The summed E-state index contributed by atoms with van der Waals surface area (Å²) in [6.07, 6.45) is 6.37. The highest BCUT2D eigenvalue weighted by Crippen LogP contribution is 2.24. The van der Waals surface area contributed by atoms with E-state index in [2.05, 4.69) is 22.4 Å². The zero-order valence-electron chi connectivity index (χ0n) is 12.8. The lowest BCUT2D eigenvalue weighted by Gasteiger charge is -2.29. The molecule has 0 bridgehead atoms. The van der Waals surface area contributed by atoms with Crippen molar-refractivity contribution < 1.29 is 9.53 Å². The number of ether oxygens (including phenoxy) is 1. The summed E-state index contributed by atoms with van der Waals surface area (Å²) in [6, 6.07) is 7.98. The molecule has 1 aromatic carbocycles. The van der Waals surface area contributed by atoms with Crippen molar-refractivity contribution in [2.24, 2.45) is 5.92 Å². The second-order valence-corrected chi connectivity index (χ2v) is 5.96. The molecule has 1 fully saturated rings. The first-order valence-electron chi connectivity index (χ1n) is 7.86. The predicted molar refractivity (Wildman–Crippen MR) is 84.6 cm³/mol. The minimum absolute atomic E-state index is 0.0219. The maximum absolute atomic E-state index is 12.1. The van der Waals surface area contributed by atoms with E-state index >= 15 is 0 Å². The molecule has 5 heteroatoms. The quantitative estimate of drug-likeness (QED) is 0.942. The maximum atomic E-state index is 12.1. The monoisotopic (exact) mass is 299 g/mol. The van der Waals surface area contributed by atoms with Gasteiger partial charge in [-0.1, -0.05) is 38.0 Å². The van der Waals surface area contributed by atoms with Gasteiger partial charge in [0.05, 0.1) is 6.20 Å². The van der Waals surface area contributed by atoms with Crippen LogP contribution in [-0.4, -0.2) is 28.8 Å². The molecule has 116 valence electrons. The molecule has 0 saturated heterocycles. The van der Waals surface area contributed by atoms with E-state index < -0.39 is 0 Å². The van der Waals surface area contributed by atoms with E-state index in [0.29, 0.717) is 11.8 Å². The van der Waals surface area contributed by atoms with Crippen molar-refractivity contribution in [3.05, 3.63) is 30.5 Å². The number of carbonyl (C=O) groups excluding carboxylic acids is 1. The topological polar surface area (TPSA) is 64.1 Å². The molecular formula is C17H21N3O2. The Hall–Kier alpha value is -2.17. The molecule has 2 aromatic rings. The molecule has 1 aliphatic rings. The zero-order valence-corrected chi connectivity index (χ0v) is 12.8. The van der Waals surface area contributed by atoms with Crippen molar-refractivity contribution in [1.29, 1.82) is 0 Å². The van der Waals surface area contributed by atoms with Crippen LogP contribution in [0.1, 0.15) is 32.6 Å². The van der Waals surface area contributed by atoms with Gasteiger partial charge in [0.15, 0.2) is 6.61 Å². The molecule has 0 spiro atoms. The fourth-order valence-electron chi connectivity index (χ4n) is 3.02. The number of fused-ring (bicyclic) bond motifs is 1. The van der Waals surface area contributed by atoms with Gasteiger partial charge in [0.25, 0.3) is 5.91 Å². The molecular weight excluding hydrogens is 278 g/mol. The largest absolute Gasteiger partial charge is 0.466 e. The van der Waals surface area contributed by atoms with Crippen molar-refractivity contribution in [2.75, 3.05) is 6.61 Å². The first-order valence-corrected chi connectivity index (χ1v) is 7.86. The summed E-state index contributed by atoms with van der Waals surface area (Å²) in [5, 5.41) is 12.8. The van der Waals surface area contributed by atoms with E-state index in [1.54, 1.807) is 6.20 Å². The summed E-state index contributed by atoms with van der Waals surface area (Å²) in [5.74, 6) is 0.855.